The van der Waals surface area contributed by atoms with E-state index in [1.165, 1.54) is 19.1 Å². The number of rotatable bonds is 6. The second-order valence-electron chi connectivity index (χ2n) is 5.65. The Hall–Kier alpha value is -3.07. The average Bonchev–Trinajstić information content (AvgIpc) is 3.19. The highest BCUT2D eigenvalue weighted by molar-refractivity contribution is 7.91. The van der Waals surface area contributed by atoms with Gasteiger partial charge in [-0.15, -0.1) is 0 Å². The normalized spacial score (nSPS) is 12.5. The number of carbonyl (C=O) groups excluding carboxylic acids is 1. The molecule has 140 valence electrons. The maximum atomic E-state index is 12.5. The summed E-state index contributed by atoms with van der Waals surface area (Å²) in [6.45, 7) is 3.08. The maximum absolute atomic E-state index is 12.5. The Morgan fingerprint density at radius 3 is 2.70 bits per heavy atom. The van der Waals surface area contributed by atoms with Crippen molar-refractivity contribution in [1.82, 2.24) is 15.1 Å². The van der Waals surface area contributed by atoms with Crippen LogP contribution in [0.15, 0.2) is 58.2 Å². The molecule has 0 fully saturated rings. The van der Waals surface area contributed by atoms with Gasteiger partial charge >= 0.3 is 5.97 Å². The molecule has 0 amide bonds. The van der Waals surface area contributed by atoms with Crippen molar-refractivity contribution in [2.75, 3.05) is 5.75 Å². The number of sulfone groups is 1. The highest BCUT2D eigenvalue weighted by Gasteiger charge is 2.25. The fraction of sp³-hybridized carbons (Fsp3) is 0.222. The SMILES string of the molecule is CCS(=O)(=O)c1ccccc1C(=O)OC(C)c1nc(-c2cccnc2)no1. The lowest BCUT2D eigenvalue weighted by Crippen LogP contribution is -2.15. The lowest BCUT2D eigenvalue weighted by Gasteiger charge is -2.12. The third-order valence-electron chi connectivity index (χ3n) is 3.82. The minimum absolute atomic E-state index is 0.0294. The molecule has 0 aliphatic carbocycles. The molecule has 1 atom stereocenters. The van der Waals surface area contributed by atoms with Gasteiger partial charge in [-0.25, -0.2) is 13.2 Å². The molecule has 0 aliphatic heterocycles. The molecule has 27 heavy (non-hydrogen) atoms. The van der Waals surface area contributed by atoms with Gasteiger partial charge in [0.25, 0.3) is 5.89 Å². The highest BCUT2D eigenvalue weighted by Crippen LogP contribution is 2.23. The molecule has 9 heteroatoms. The summed E-state index contributed by atoms with van der Waals surface area (Å²) in [5, 5.41) is 3.84. The lowest BCUT2D eigenvalue weighted by molar-refractivity contribution is 0.0261. The highest BCUT2D eigenvalue weighted by atomic mass is 32.2. The molecule has 0 bridgehead atoms. The average molecular weight is 387 g/mol. The fourth-order valence-electron chi connectivity index (χ4n) is 2.35. The molecular formula is C18H17N3O5S. The molecule has 0 saturated heterocycles. The van der Waals surface area contributed by atoms with E-state index >= 15 is 0 Å². The Kier molecular flexibility index (Phi) is 5.31. The van der Waals surface area contributed by atoms with Gasteiger partial charge in [-0.3, -0.25) is 4.98 Å². The molecule has 3 aromatic rings. The number of hydrogen-bond donors (Lipinski definition) is 0. The van der Waals surface area contributed by atoms with Crippen LogP contribution in [-0.4, -0.2) is 35.3 Å². The van der Waals surface area contributed by atoms with Crippen LogP contribution in [0.1, 0.15) is 36.2 Å². The van der Waals surface area contributed by atoms with E-state index in [0.29, 0.717) is 11.4 Å². The Morgan fingerprint density at radius 2 is 2.00 bits per heavy atom. The predicted molar refractivity (Wildman–Crippen MR) is 95.5 cm³/mol. The van der Waals surface area contributed by atoms with E-state index in [1.807, 2.05) is 0 Å². The zero-order valence-corrected chi connectivity index (χ0v) is 15.5. The number of esters is 1. The minimum Gasteiger partial charge on any atom is -0.449 e. The first-order valence-electron chi connectivity index (χ1n) is 8.19. The van der Waals surface area contributed by atoms with Gasteiger partial charge in [0.1, 0.15) is 0 Å². The summed E-state index contributed by atoms with van der Waals surface area (Å²) in [6, 6.07) is 9.42. The second kappa shape index (κ2) is 7.67. The smallest absolute Gasteiger partial charge is 0.340 e. The van der Waals surface area contributed by atoms with E-state index in [9.17, 15) is 13.2 Å². The van der Waals surface area contributed by atoms with Crippen molar-refractivity contribution in [3.63, 3.8) is 0 Å². The van der Waals surface area contributed by atoms with E-state index in [4.69, 9.17) is 9.26 Å². The molecule has 0 spiro atoms. The fourth-order valence-corrected chi connectivity index (χ4v) is 3.43. The van der Waals surface area contributed by atoms with Crippen molar-refractivity contribution in [2.24, 2.45) is 0 Å². The van der Waals surface area contributed by atoms with Gasteiger partial charge < -0.3 is 9.26 Å². The number of hydrogen-bond acceptors (Lipinski definition) is 8. The second-order valence-corrected chi connectivity index (χ2v) is 7.89. The van der Waals surface area contributed by atoms with Gasteiger partial charge in [0.15, 0.2) is 15.9 Å². The largest absolute Gasteiger partial charge is 0.449 e. The predicted octanol–water partition coefficient (Wildman–Crippen LogP) is 2.84. The minimum atomic E-state index is -3.57. The molecule has 3 rings (SSSR count). The number of carbonyl (C=O) groups is 1. The summed E-state index contributed by atoms with van der Waals surface area (Å²) in [4.78, 5) is 20.6. The Bertz CT molecular complexity index is 1050. The Morgan fingerprint density at radius 1 is 1.22 bits per heavy atom. The molecule has 2 aromatic heterocycles. The number of aromatic nitrogens is 3. The maximum Gasteiger partial charge on any atom is 0.340 e. The first-order chi connectivity index (χ1) is 12.9. The van der Waals surface area contributed by atoms with Gasteiger partial charge in [0, 0.05) is 18.0 Å². The number of nitrogens with zero attached hydrogens (tertiary/aromatic N) is 3. The number of benzene rings is 1. The molecule has 1 unspecified atom stereocenters. The third-order valence-corrected chi connectivity index (χ3v) is 5.60. The van der Waals surface area contributed by atoms with Crippen LogP contribution in [0.4, 0.5) is 0 Å². The van der Waals surface area contributed by atoms with Crippen molar-refractivity contribution in [1.29, 1.82) is 0 Å². The first-order valence-corrected chi connectivity index (χ1v) is 9.84. The van der Waals surface area contributed by atoms with Crippen LogP contribution in [0.25, 0.3) is 11.4 Å². The van der Waals surface area contributed by atoms with Gasteiger partial charge in [-0.2, -0.15) is 4.98 Å². The first kappa shape index (κ1) is 18.7. The van der Waals surface area contributed by atoms with E-state index in [2.05, 4.69) is 15.1 Å². The molecule has 8 nitrogen and oxygen atoms in total. The molecule has 2 heterocycles. The molecule has 0 aliphatic rings. The van der Waals surface area contributed by atoms with Crippen molar-refractivity contribution in [2.45, 2.75) is 24.8 Å². The third kappa shape index (κ3) is 4.03. The van der Waals surface area contributed by atoms with Crippen LogP contribution in [-0.2, 0) is 14.6 Å². The summed E-state index contributed by atoms with van der Waals surface area (Å²) < 4.78 is 34.9. The van der Waals surface area contributed by atoms with E-state index < -0.39 is 21.9 Å². The number of pyridine rings is 1. The molecule has 0 saturated carbocycles. The van der Waals surface area contributed by atoms with E-state index in [1.54, 1.807) is 43.6 Å². The topological polar surface area (TPSA) is 112 Å². The van der Waals surface area contributed by atoms with Crippen LogP contribution in [0.5, 0.6) is 0 Å². The molecular weight excluding hydrogens is 370 g/mol. The summed E-state index contributed by atoms with van der Waals surface area (Å²) in [5.74, 6) is -0.491. The van der Waals surface area contributed by atoms with Crippen molar-refractivity contribution in [3.05, 3.63) is 60.2 Å². The summed E-state index contributed by atoms with van der Waals surface area (Å²) in [6.07, 6.45) is 2.35. The standard InChI is InChI=1S/C18H17N3O5S/c1-3-27(23,24)15-9-5-4-8-14(15)18(22)25-12(2)17-20-16(21-26-17)13-7-6-10-19-11-13/h4-12H,3H2,1-2H3. The zero-order chi connectivity index (χ0) is 19.4. The van der Waals surface area contributed by atoms with Crippen molar-refractivity contribution >= 4 is 15.8 Å². The Balaban J connectivity index is 1.81. The van der Waals surface area contributed by atoms with Crippen LogP contribution >= 0.6 is 0 Å². The van der Waals surface area contributed by atoms with Crippen molar-refractivity contribution in [3.8, 4) is 11.4 Å². The van der Waals surface area contributed by atoms with Crippen LogP contribution in [0.3, 0.4) is 0 Å². The number of ether oxygens (including phenoxy) is 1. The lowest BCUT2D eigenvalue weighted by atomic mass is 10.2. The van der Waals surface area contributed by atoms with E-state index in [-0.39, 0.29) is 22.1 Å². The summed E-state index contributed by atoms with van der Waals surface area (Å²) in [7, 11) is -3.57. The zero-order valence-electron chi connectivity index (χ0n) is 14.7. The monoisotopic (exact) mass is 387 g/mol. The van der Waals surface area contributed by atoms with Gasteiger partial charge in [0.2, 0.25) is 5.82 Å². The molecule has 0 radical (unpaired) electrons. The van der Waals surface area contributed by atoms with Gasteiger partial charge in [-0.05, 0) is 31.2 Å². The summed E-state index contributed by atoms with van der Waals surface area (Å²) >= 11 is 0. The van der Waals surface area contributed by atoms with Crippen molar-refractivity contribution < 1.29 is 22.5 Å². The van der Waals surface area contributed by atoms with Crippen LogP contribution in [0, 0.1) is 0 Å². The molecule has 1 aromatic carbocycles. The quantitative estimate of drug-likeness (QED) is 0.594. The van der Waals surface area contributed by atoms with Gasteiger partial charge in [0.05, 0.1) is 16.2 Å². The van der Waals surface area contributed by atoms with Gasteiger partial charge in [-0.1, -0.05) is 24.2 Å². The summed E-state index contributed by atoms with van der Waals surface area (Å²) in [5.41, 5.74) is 0.628. The molecule has 0 N–H and O–H groups in total. The Labute approximate surface area is 156 Å². The van der Waals surface area contributed by atoms with E-state index in [0.717, 1.165) is 0 Å². The van der Waals surface area contributed by atoms with Crippen LogP contribution < -0.4 is 0 Å². The van der Waals surface area contributed by atoms with Crippen LogP contribution in [0.2, 0.25) is 0 Å².